The zero-order chi connectivity index (χ0) is 22.8. The molecule has 1 N–H and O–H groups in total. The van der Waals surface area contributed by atoms with Crippen molar-refractivity contribution in [2.45, 2.75) is 13.0 Å². The Hall–Kier alpha value is -3.42. The van der Waals surface area contributed by atoms with Gasteiger partial charge in [0, 0.05) is 22.5 Å². The van der Waals surface area contributed by atoms with Crippen molar-refractivity contribution in [3.63, 3.8) is 0 Å². The van der Waals surface area contributed by atoms with Crippen molar-refractivity contribution in [1.29, 1.82) is 0 Å². The molecule has 0 aliphatic carbocycles. The van der Waals surface area contributed by atoms with E-state index in [4.69, 9.17) is 21.3 Å². The van der Waals surface area contributed by atoms with E-state index >= 15 is 0 Å². The van der Waals surface area contributed by atoms with Gasteiger partial charge in [-0.3, -0.25) is 4.79 Å². The lowest BCUT2D eigenvalue weighted by molar-refractivity contribution is -0.118. The summed E-state index contributed by atoms with van der Waals surface area (Å²) in [6, 6.07) is 19.6. The summed E-state index contributed by atoms with van der Waals surface area (Å²) in [6.07, 6.45) is 0.711. The van der Waals surface area contributed by atoms with Crippen molar-refractivity contribution in [1.82, 2.24) is 4.57 Å². The smallest absolute Gasteiger partial charge is 0.262 e. The number of carbonyl (C=O) groups is 1. The van der Waals surface area contributed by atoms with Crippen LogP contribution in [0.2, 0.25) is 5.02 Å². The second-order valence-corrected chi connectivity index (χ2v) is 8.84. The van der Waals surface area contributed by atoms with E-state index in [0.717, 1.165) is 27.3 Å². The Bertz CT molecular complexity index is 1380. The van der Waals surface area contributed by atoms with Crippen molar-refractivity contribution >= 4 is 40.2 Å². The Morgan fingerprint density at radius 1 is 1.09 bits per heavy atom. The Morgan fingerprint density at radius 2 is 1.88 bits per heavy atom. The molecule has 3 aromatic carbocycles. The quantitative estimate of drug-likeness (QED) is 0.392. The van der Waals surface area contributed by atoms with Gasteiger partial charge in [-0.05, 0) is 66.6 Å². The Morgan fingerprint density at radius 3 is 2.67 bits per heavy atom. The zero-order valence-electron chi connectivity index (χ0n) is 17.4. The highest BCUT2D eigenvalue weighted by atomic mass is 35.5. The monoisotopic (exact) mass is 479 g/mol. The van der Waals surface area contributed by atoms with E-state index in [1.165, 1.54) is 23.5 Å². The molecule has 1 amide bonds. The fourth-order valence-corrected chi connectivity index (χ4v) is 4.71. The fourth-order valence-electron chi connectivity index (χ4n) is 3.63. The lowest BCUT2D eigenvalue weighted by Crippen LogP contribution is -2.25. The van der Waals surface area contributed by atoms with Crippen LogP contribution in [0.4, 0.5) is 15.8 Å². The van der Waals surface area contributed by atoms with E-state index in [0.29, 0.717) is 29.4 Å². The third kappa shape index (κ3) is 4.84. The van der Waals surface area contributed by atoms with Crippen LogP contribution in [-0.4, -0.2) is 17.1 Å². The van der Waals surface area contributed by atoms with Gasteiger partial charge in [0.25, 0.3) is 5.91 Å². The molecule has 33 heavy (non-hydrogen) atoms. The minimum absolute atomic E-state index is 0.0204. The summed E-state index contributed by atoms with van der Waals surface area (Å²) in [4.78, 5) is 17.4. The molecule has 0 saturated carbocycles. The number of nitrogens with zero attached hydrogens (tertiary/aromatic N) is 2. The molecule has 0 spiro atoms. The fraction of sp³-hybridized carbons (Fsp3) is 0.120. The first-order chi connectivity index (χ1) is 16.0. The van der Waals surface area contributed by atoms with Gasteiger partial charge >= 0.3 is 0 Å². The molecule has 5 rings (SSSR count). The third-order valence-corrected chi connectivity index (χ3v) is 6.41. The Balaban J connectivity index is 1.55. The summed E-state index contributed by atoms with van der Waals surface area (Å²) in [5.41, 5.74) is 4.39. The van der Waals surface area contributed by atoms with Crippen molar-refractivity contribution in [2.75, 3.05) is 11.9 Å². The molecule has 0 atom stereocenters. The summed E-state index contributed by atoms with van der Waals surface area (Å²) >= 11 is 7.55. The molecule has 0 unspecified atom stereocenters. The van der Waals surface area contributed by atoms with E-state index in [1.54, 1.807) is 12.1 Å². The number of nitrogens with one attached hydrogen (secondary N) is 1. The lowest BCUT2D eigenvalue weighted by atomic mass is 10.1. The molecule has 1 aliphatic rings. The summed E-state index contributed by atoms with van der Waals surface area (Å²) in [5, 5.41) is 5.57. The molecule has 0 radical (unpaired) electrons. The summed E-state index contributed by atoms with van der Waals surface area (Å²) in [6.45, 7) is 0.670. The van der Waals surface area contributed by atoms with E-state index in [1.807, 2.05) is 47.8 Å². The molecular formula is C25H19ClFN3O2S. The molecule has 8 heteroatoms. The van der Waals surface area contributed by atoms with Crippen molar-refractivity contribution in [3.05, 3.63) is 93.3 Å². The van der Waals surface area contributed by atoms with E-state index in [2.05, 4.69) is 9.88 Å². The number of rotatable bonds is 5. The molecule has 0 fully saturated rings. The predicted octanol–water partition coefficient (Wildman–Crippen LogP) is 5.82. The van der Waals surface area contributed by atoms with Gasteiger partial charge in [0.05, 0.1) is 17.1 Å². The van der Waals surface area contributed by atoms with Gasteiger partial charge in [-0.15, -0.1) is 11.3 Å². The number of amides is 1. The Kier molecular flexibility index (Phi) is 5.98. The van der Waals surface area contributed by atoms with Crippen molar-refractivity contribution < 1.29 is 13.9 Å². The maximum atomic E-state index is 13.3. The number of halogens is 2. The summed E-state index contributed by atoms with van der Waals surface area (Å²) in [7, 11) is 0. The number of aryl methyl sites for hydroxylation is 1. The zero-order valence-corrected chi connectivity index (χ0v) is 19.0. The van der Waals surface area contributed by atoms with Gasteiger partial charge in [-0.2, -0.15) is 0 Å². The van der Waals surface area contributed by atoms with Gasteiger partial charge in [0.2, 0.25) is 0 Å². The molecule has 0 saturated heterocycles. The number of hydrogen-bond donors (Lipinski definition) is 1. The maximum absolute atomic E-state index is 13.3. The van der Waals surface area contributed by atoms with Gasteiger partial charge < -0.3 is 14.6 Å². The molecule has 0 bridgehead atoms. The van der Waals surface area contributed by atoms with Crippen LogP contribution in [0.15, 0.2) is 77.1 Å². The van der Waals surface area contributed by atoms with Crippen LogP contribution in [0.5, 0.6) is 5.75 Å². The van der Waals surface area contributed by atoms with Crippen LogP contribution in [0.25, 0.3) is 11.3 Å². The van der Waals surface area contributed by atoms with E-state index in [-0.39, 0.29) is 18.3 Å². The van der Waals surface area contributed by atoms with Gasteiger partial charge in [-0.25, -0.2) is 9.38 Å². The summed E-state index contributed by atoms with van der Waals surface area (Å²) < 4.78 is 20.9. The van der Waals surface area contributed by atoms with Gasteiger partial charge in [-0.1, -0.05) is 23.7 Å². The minimum Gasteiger partial charge on any atom is -0.482 e. The minimum atomic E-state index is -0.251. The topological polar surface area (TPSA) is 55.6 Å². The molecule has 166 valence electrons. The highest BCUT2D eigenvalue weighted by Crippen LogP contribution is 2.33. The largest absolute Gasteiger partial charge is 0.482 e. The second kappa shape index (κ2) is 9.21. The first kappa shape index (κ1) is 21.4. The number of aromatic nitrogens is 1. The van der Waals surface area contributed by atoms with Crippen LogP contribution in [0, 0.1) is 5.82 Å². The molecule has 4 aromatic rings. The SMILES string of the molecule is O=C1COc2ccc(-c3csc(=Nc4ccc(Cl)cc4)n3CCc3ccc(F)cc3)cc2N1. The number of ether oxygens (including phenoxy) is 1. The molecule has 1 aliphatic heterocycles. The number of anilines is 1. The highest BCUT2D eigenvalue weighted by molar-refractivity contribution is 7.07. The third-order valence-electron chi connectivity index (χ3n) is 5.29. The number of thiazole rings is 1. The average Bonchev–Trinajstić information content (AvgIpc) is 3.22. The van der Waals surface area contributed by atoms with Gasteiger partial charge in [0.15, 0.2) is 11.4 Å². The van der Waals surface area contributed by atoms with Gasteiger partial charge in [0.1, 0.15) is 11.6 Å². The van der Waals surface area contributed by atoms with E-state index in [9.17, 15) is 9.18 Å². The van der Waals surface area contributed by atoms with Crippen LogP contribution in [-0.2, 0) is 17.8 Å². The number of hydrogen-bond acceptors (Lipinski definition) is 4. The van der Waals surface area contributed by atoms with Crippen LogP contribution in [0.3, 0.4) is 0 Å². The molecule has 1 aromatic heterocycles. The average molecular weight is 480 g/mol. The number of fused-ring (bicyclic) bond motifs is 1. The van der Waals surface area contributed by atoms with E-state index < -0.39 is 0 Å². The molecule has 5 nitrogen and oxygen atoms in total. The number of benzene rings is 3. The molecule has 2 heterocycles. The second-order valence-electron chi connectivity index (χ2n) is 7.57. The standard InChI is InChI=1S/C25H19ClFN3O2S/c26-18-4-8-20(9-5-18)28-25-30(12-11-16-1-6-19(27)7-2-16)22(15-33-25)17-3-10-23-21(13-17)29-24(31)14-32-23/h1-10,13,15H,11-12,14H2,(H,29,31). The highest BCUT2D eigenvalue weighted by Gasteiger charge is 2.18. The maximum Gasteiger partial charge on any atom is 0.262 e. The Labute approximate surface area is 198 Å². The lowest BCUT2D eigenvalue weighted by Gasteiger charge is -2.19. The molecular weight excluding hydrogens is 461 g/mol. The van der Waals surface area contributed by atoms with Crippen LogP contribution >= 0.6 is 22.9 Å². The first-order valence-corrected chi connectivity index (χ1v) is 11.6. The predicted molar refractivity (Wildman–Crippen MR) is 129 cm³/mol. The normalized spacial score (nSPS) is 13.4. The van der Waals surface area contributed by atoms with Crippen molar-refractivity contribution in [3.8, 4) is 17.0 Å². The van der Waals surface area contributed by atoms with Crippen LogP contribution in [0.1, 0.15) is 5.56 Å². The first-order valence-electron chi connectivity index (χ1n) is 10.4. The summed E-state index contributed by atoms with van der Waals surface area (Å²) in [5.74, 6) is 0.226. The van der Waals surface area contributed by atoms with Crippen molar-refractivity contribution in [2.24, 2.45) is 4.99 Å². The van der Waals surface area contributed by atoms with Crippen LogP contribution < -0.4 is 14.9 Å². The number of carbonyl (C=O) groups excluding carboxylic acids is 1.